The first-order valence-corrected chi connectivity index (χ1v) is 8.36. The molecule has 0 aliphatic carbocycles. The zero-order valence-corrected chi connectivity index (χ0v) is 14.2. The van der Waals surface area contributed by atoms with Crippen molar-refractivity contribution in [2.24, 2.45) is 4.99 Å². The first-order chi connectivity index (χ1) is 12.2. The molecule has 1 heterocycles. The van der Waals surface area contributed by atoms with Crippen LogP contribution in [0, 0.1) is 5.82 Å². The van der Waals surface area contributed by atoms with E-state index in [0.717, 1.165) is 29.2 Å². The largest absolute Gasteiger partial charge is 0.490 e. The van der Waals surface area contributed by atoms with Crippen molar-refractivity contribution in [3.05, 3.63) is 53.8 Å². The van der Waals surface area contributed by atoms with Gasteiger partial charge in [0.15, 0.2) is 17.5 Å². The molecule has 2 aromatic rings. The van der Waals surface area contributed by atoms with E-state index in [-0.39, 0.29) is 5.82 Å². The van der Waals surface area contributed by atoms with Gasteiger partial charge in [0.05, 0.1) is 13.2 Å². The molecular weight excluding hydrogens is 321 g/mol. The molecule has 5 nitrogen and oxygen atoms in total. The summed E-state index contributed by atoms with van der Waals surface area (Å²) in [7, 11) is 1.71. The Bertz CT molecular complexity index is 749. The summed E-state index contributed by atoms with van der Waals surface area (Å²) in [5.74, 6) is 1.92. The van der Waals surface area contributed by atoms with Crippen LogP contribution in [0.4, 0.5) is 10.1 Å². The van der Waals surface area contributed by atoms with Gasteiger partial charge >= 0.3 is 0 Å². The van der Waals surface area contributed by atoms with E-state index in [0.29, 0.717) is 32.1 Å². The Morgan fingerprint density at radius 3 is 2.76 bits per heavy atom. The third kappa shape index (κ3) is 4.86. The van der Waals surface area contributed by atoms with Crippen LogP contribution in [-0.4, -0.2) is 32.8 Å². The summed E-state index contributed by atoms with van der Waals surface area (Å²) in [6.45, 7) is 1.97. The van der Waals surface area contributed by atoms with Gasteiger partial charge in [0.1, 0.15) is 5.82 Å². The number of aliphatic imine (C=N–C) groups is 1. The van der Waals surface area contributed by atoms with E-state index in [2.05, 4.69) is 15.6 Å². The summed E-state index contributed by atoms with van der Waals surface area (Å²) in [6.07, 6.45) is 1.58. The standard InChI is InChI=1S/C19H22FN3O2/c1-21-19(22-9-8-14-4-2-5-15(20)12-14)23-16-6-7-17-18(13-16)25-11-3-10-24-17/h2,4-7,12-13H,3,8-11H2,1H3,(H2,21,22,23). The lowest BCUT2D eigenvalue weighted by Crippen LogP contribution is -2.32. The van der Waals surface area contributed by atoms with Crippen LogP contribution in [-0.2, 0) is 6.42 Å². The Morgan fingerprint density at radius 2 is 1.96 bits per heavy atom. The molecule has 0 radical (unpaired) electrons. The number of ether oxygens (including phenoxy) is 2. The number of nitrogens with one attached hydrogen (secondary N) is 2. The molecule has 0 saturated heterocycles. The van der Waals surface area contributed by atoms with Crippen molar-refractivity contribution < 1.29 is 13.9 Å². The van der Waals surface area contributed by atoms with Crippen LogP contribution >= 0.6 is 0 Å². The highest BCUT2D eigenvalue weighted by Crippen LogP contribution is 2.32. The molecule has 0 fully saturated rings. The topological polar surface area (TPSA) is 54.9 Å². The van der Waals surface area contributed by atoms with E-state index in [1.807, 2.05) is 24.3 Å². The highest BCUT2D eigenvalue weighted by molar-refractivity contribution is 5.93. The average Bonchev–Trinajstić information content (AvgIpc) is 2.86. The maximum Gasteiger partial charge on any atom is 0.195 e. The van der Waals surface area contributed by atoms with Crippen LogP contribution in [0.5, 0.6) is 11.5 Å². The number of rotatable bonds is 4. The predicted molar refractivity (Wildman–Crippen MR) is 97.1 cm³/mol. The molecule has 0 amide bonds. The number of hydrogen-bond donors (Lipinski definition) is 2. The number of guanidine groups is 1. The molecule has 2 aromatic carbocycles. The third-order valence-corrected chi connectivity index (χ3v) is 3.83. The minimum absolute atomic E-state index is 0.216. The van der Waals surface area contributed by atoms with Crippen LogP contribution < -0.4 is 20.1 Å². The van der Waals surface area contributed by atoms with Gasteiger partial charge in [-0.1, -0.05) is 12.1 Å². The van der Waals surface area contributed by atoms with Crippen LogP contribution in [0.2, 0.25) is 0 Å². The summed E-state index contributed by atoms with van der Waals surface area (Å²) in [6, 6.07) is 12.3. The summed E-state index contributed by atoms with van der Waals surface area (Å²) in [5.41, 5.74) is 1.81. The lowest BCUT2D eigenvalue weighted by atomic mass is 10.1. The van der Waals surface area contributed by atoms with Gasteiger partial charge in [-0.15, -0.1) is 0 Å². The summed E-state index contributed by atoms with van der Waals surface area (Å²) >= 11 is 0. The Balaban J connectivity index is 1.56. The van der Waals surface area contributed by atoms with Gasteiger partial charge in [0, 0.05) is 31.8 Å². The van der Waals surface area contributed by atoms with E-state index in [1.54, 1.807) is 19.2 Å². The zero-order valence-electron chi connectivity index (χ0n) is 14.2. The van der Waals surface area contributed by atoms with E-state index in [9.17, 15) is 4.39 Å². The first-order valence-electron chi connectivity index (χ1n) is 8.36. The molecule has 0 atom stereocenters. The molecular formula is C19H22FN3O2. The number of benzene rings is 2. The fraction of sp³-hybridized carbons (Fsp3) is 0.316. The van der Waals surface area contributed by atoms with Crippen LogP contribution in [0.15, 0.2) is 47.5 Å². The third-order valence-electron chi connectivity index (χ3n) is 3.83. The molecule has 0 spiro atoms. The van der Waals surface area contributed by atoms with Gasteiger partial charge in [0.2, 0.25) is 0 Å². The van der Waals surface area contributed by atoms with Crippen LogP contribution in [0.1, 0.15) is 12.0 Å². The van der Waals surface area contributed by atoms with Crippen LogP contribution in [0.3, 0.4) is 0 Å². The summed E-state index contributed by atoms with van der Waals surface area (Å²) in [5, 5.41) is 6.45. The van der Waals surface area contributed by atoms with E-state index >= 15 is 0 Å². The van der Waals surface area contributed by atoms with Gasteiger partial charge in [-0.3, -0.25) is 4.99 Å². The second-order valence-corrected chi connectivity index (χ2v) is 5.72. The van der Waals surface area contributed by atoms with Gasteiger partial charge in [-0.25, -0.2) is 4.39 Å². The molecule has 6 heteroatoms. The second-order valence-electron chi connectivity index (χ2n) is 5.72. The second kappa shape index (κ2) is 8.37. The molecule has 1 aliphatic rings. The number of anilines is 1. The molecule has 2 N–H and O–H groups in total. The molecule has 3 rings (SSSR count). The number of hydrogen-bond acceptors (Lipinski definition) is 3. The molecule has 1 aliphatic heterocycles. The molecule has 0 unspecified atom stereocenters. The smallest absolute Gasteiger partial charge is 0.195 e. The van der Waals surface area contributed by atoms with Gasteiger partial charge in [-0.2, -0.15) is 0 Å². The van der Waals surface area contributed by atoms with Crippen molar-refractivity contribution in [1.82, 2.24) is 5.32 Å². The normalized spacial score (nSPS) is 13.9. The SMILES string of the molecule is CN=C(NCCc1cccc(F)c1)Nc1ccc2c(c1)OCCCO2. The lowest BCUT2D eigenvalue weighted by molar-refractivity contribution is 0.297. The quantitative estimate of drug-likeness (QED) is 0.661. The molecule has 132 valence electrons. The Hall–Kier alpha value is -2.76. The lowest BCUT2D eigenvalue weighted by Gasteiger charge is -2.14. The van der Waals surface area contributed by atoms with Gasteiger partial charge in [-0.05, 0) is 36.2 Å². The molecule has 0 saturated carbocycles. The number of halogens is 1. The predicted octanol–water partition coefficient (Wildman–Crippen LogP) is 3.22. The van der Waals surface area contributed by atoms with Gasteiger partial charge in [0.25, 0.3) is 0 Å². The van der Waals surface area contributed by atoms with Crippen molar-refractivity contribution in [3.63, 3.8) is 0 Å². The fourth-order valence-corrected chi connectivity index (χ4v) is 2.57. The van der Waals surface area contributed by atoms with E-state index in [1.165, 1.54) is 6.07 Å². The minimum atomic E-state index is -0.216. The van der Waals surface area contributed by atoms with Crippen LogP contribution in [0.25, 0.3) is 0 Å². The molecule has 0 bridgehead atoms. The van der Waals surface area contributed by atoms with Gasteiger partial charge < -0.3 is 20.1 Å². The van der Waals surface area contributed by atoms with Crippen molar-refractivity contribution >= 4 is 11.6 Å². The molecule has 0 aromatic heterocycles. The highest BCUT2D eigenvalue weighted by Gasteiger charge is 2.11. The first kappa shape index (κ1) is 17.1. The summed E-state index contributed by atoms with van der Waals surface area (Å²) < 4.78 is 24.5. The Labute approximate surface area is 146 Å². The Morgan fingerprint density at radius 1 is 1.12 bits per heavy atom. The number of nitrogens with zero attached hydrogens (tertiary/aromatic N) is 1. The Kier molecular flexibility index (Phi) is 5.72. The maximum absolute atomic E-state index is 13.2. The average molecular weight is 343 g/mol. The van der Waals surface area contributed by atoms with Crippen molar-refractivity contribution in [2.75, 3.05) is 32.1 Å². The van der Waals surface area contributed by atoms with E-state index < -0.39 is 0 Å². The van der Waals surface area contributed by atoms with Crippen molar-refractivity contribution in [2.45, 2.75) is 12.8 Å². The highest BCUT2D eigenvalue weighted by atomic mass is 19.1. The zero-order chi connectivity index (χ0) is 17.5. The maximum atomic E-state index is 13.2. The monoisotopic (exact) mass is 343 g/mol. The number of fused-ring (bicyclic) bond motifs is 1. The van der Waals surface area contributed by atoms with Crippen molar-refractivity contribution in [1.29, 1.82) is 0 Å². The fourth-order valence-electron chi connectivity index (χ4n) is 2.57. The molecule has 25 heavy (non-hydrogen) atoms. The summed E-state index contributed by atoms with van der Waals surface area (Å²) in [4.78, 5) is 4.21. The van der Waals surface area contributed by atoms with E-state index in [4.69, 9.17) is 9.47 Å². The van der Waals surface area contributed by atoms with Crippen molar-refractivity contribution in [3.8, 4) is 11.5 Å². The minimum Gasteiger partial charge on any atom is -0.490 e.